The van der Waals surface area contributed by atoms with Crippen LogP contribution < -0.4 is 0 Å². The summed E-state index contributed by atoms with van der Waals surface area (Å²) in [5.74, 6) is 0. The summed E-state index contributed by atoms with van der Waals surface area (Å²) in [6, 6.07) is 0. The van der Waals surface area contributed by atoms with Gasteiger partial charge in [-0.3, -0.25) is 0 Å². The average molecular weight is 202 g/mol. The molecule has 3 nitrogen and oxygen atoms in total. The molecule has 0 saturated carbocycles. The maximum Gasteiger partial charge on any atom is 0.0593 e. The third-order valence-electron chi connectivity index (χ3n) is 2.38. The van der Waals surface area contributed by atoms with Crippen LogP contribution in [0.5, 0.6) is 0 Å². The van der Waals surface area contributed by atoms with E-state index >= 15 is 0 Å². The van der Waals surface area contributed by atoms with Crippen molar-refractivity contribution in [3.05, 3.63) is 0 Å². The quantitative estimate of drug-likeness (QED) is 0.524. The van der Waals surface area contributed by atoms with Gasteiger partial charge in [0.05, 0.1) is 13.2 Å². The zero-order valence-electron chi connectivity index (χ0n) is 10.3. The number of rotatable bonds is 9. The van der Waals surface area contributed by atoms with Crippen LogP contribution in [0, 0.1) is 0 Å². The molecule has 86 valence electrons. The van der Waals surface area contributed by atoms with Crippen molar-refractivity contribution in [1.29, 1.82) is 0 Å². The van der Waals surface area contributed by atoms with Crippen LogP contribution in [-0.2, 0) is 4.74 Å². The van der Waals surface area contributed by atoms with Gasteiger partial charge in [-0.1, -0.05) is 13.8 Å². The van der Waals surface area contributed by atoms with E-state index in [0.717, 1.165) is 39.4 Å². The summed E-state index contributed by atoms with van der Waals surface area (Å²) >= 11 is 0. The summed E-state index contributed by atoms with van der Waals surface area (Å²) in [5, 5.41) is 0. The van der Waals surface area contributed by atoms with Crippen molar-refractivity contribution < 1.29 is 4.74 Å². The Balaban J connectivity index is 3.13. The minimum atomic E-state index is 0.851. The van der Waals surface area contributed by atoms with Crippen LogP contribution in [0.1, 0.15) is 20.3 Å². The van der Waals surface area contributed by atoms with Gasteiger partial charge in [0.1, 0.15) is 0 Å². The number of ether oxygens (including phenoxy) is 1. The highest BCUT2D eigenvalue weighted by molar-refractivity contribution is 4.49. The van der Waals surface area contributed by atoms with Gasteiger partial charge < -0.3 is 14.5 Å². The summed E-state index contributed by atoms with van der Waals surface area (Å²) in [6.07, 6.45) is 1.22. The van der Waals surface area contributed by atoms with E-state index in [1.54, 1.807) is 0 Å². The van der Waals surface area contributed by atoms with Gasteiger partial charge in [-0.05, 0) is 33.6 Å². The van der Waals surface area contributed by atoms with E-state index in [-0.39, 0.29) is 0 Å². The van der Waals surface area contributed by atoms with Crippen LogP contribution in [0.3, 0.4) is 0 Å². The molecule has 0 aliphatic carbocycles. The molecule has 0 unspecified atom stereocenters. The van der Waals surface area contributed by atoms with Crippen molar-refractivity contribution in [1.82, 2.24) is 9.80 Å². The van der Waals surface area contributed by atoms with Crippen molar-refractivity contribution in [2.24, 2.45) is 0 Å². The third kappa shape index (κ3) is 8.48. The minimum absolute atomic E-state index is 0.851. The Morgan fingerprint density at radius 3 is 1.93 bits per heavy atom. The predicted molar refractivity (Wildman–Crippen MR) is 61.8 cm³/mol. The maximum absolute atomic E-state index is 5.54. The molecule has 0 rings (SSSR count). The molecule has 3 heteroatoms. The molecule has 0 amide bonds. The largest absolute Gasteiger partial charge is 0.379 e. The first-order valence-electron chi connectivity index (χ1n) is 5.65. The van der Waals surface area contributed by atoms with E-state index in [4.69, 9.17) is 4.74 Å². The third-order valence-corrected chi connectivity index (χ3v) is 2.38. The first kappa shape index (κ1) is 13.9. The first-order chi connectivity index (χ1) is 6.70. The van der Waals surface area contributed by atoms with Gasteiger partial charge in [0.2, 0.25) is 0 Å². The van der Waals surface area contributed by atoms with Crippen molar-refractivity contribution in [3.63, 3.8) is 0 Å². The number of nitrogens with zero attached hydrogens (tertiary/aromatic N) is 2. The van der Waals surface area contributed by atoms with Gasteiger partial charge in [-0.15, -0.1) is 0 Å². The van der Waals surface area contributed by atoms with Gasteiger partial charge in [0, 0.05) is 13.1 Å². The molecule has 0 aliphatic heterocycles. The molecule has 0 fully saturated rings. The average Bonchev–Trinajstić information content (AvgIpc) is 2.17. The molecule has 0 heterocycles. The second kappa shape index (κ2) is 9.44. The Bertz CT molecular complexity index is 120. The molecule has 0 spiro atoms. The number of hydrogen-bond donors (Lipinski definition) is 0. The van der Waals surface area contributed by atoms with Gasteiger partial charge in [-0.25, -0.2) is 0 Å². The molecule has 14 heavy (non-hydrogen) atoms. The monoisotopic (exact) mass is 202 g/mol. The molecule has 0 aromatic heterocycles. The van der Waals surface area contributed by atoms with Crippen LogP contribution in [-0.4, -0.2) is 63.3 Å². The zero-order chi connectivity index (χ0) is 10.8. The molecule has 0 aromatic rings. The Morgan fingerprint density at radius 1 is 0.857 bits per heavy atom. The Kier molecular flexibility index (Phi) is 9.35. The lowest BCUT2D eigenvalue weighted by Gasteiger charge is -2.17. The minimum Gasteiger partial charge on any atom is -0.379 e. The van der Waals surface area contributed by atoms with E-state index in [2.05, 4.69) is 37.7 Å². The van der Waals surface area contributed by atoms with Crippen LogP contribution in [0.4, 0.5) is 0 Å². The van der Waals surface area contributed by atoms with E-state index in [9.17, 15) is 0 Å². The summed E-state index contributed by atoms with van der Waals surface area (Å²) < 4.78 is 5.54. The number of likely N-dealkylation sites (N-methyl/N-ethyl adjacent to an activating group) is 2. The molecule has 0 atom stereocenters. The summed E-state index contributed by atoms with van der Waals surface area (Å²) in [6.45, 7) is 10.4. The second-order valence-corrected chi connectivity index (χ2v) is 3.81. The van der Waals surface area contributed by atoms with Crippen molar-refractivity contribution in [2.45, 2.75) is 20.3 Å². The molecule has 0 N–H and O–H groups in total. The maximum atomic E-state index is 5.54. The molecule has 0 saturated heterocycles. The normalized spacial score (nSPS) is 11.6. The van der Waals surface area contributed by atoms with Crippen molar-refractivity contribution in [2.75, 3.05) is 53.5 Å². The Morgan fingerprint density at radius 2 is 1.43 bits per heavy atom. The predicted octanol–water partition coefficient (Wildman–Crippen LogP) is 1.30. The topological polar surface area (TPSA) is 15.7 Å². The van der Waals surface area contributed by atoms with E-state index in [1.165, 1.54) is 6.42 Å². The summed E-state index contributed by atoms with van der Waals surface area (Å²) in [5.41, 5.74) is 0. The van der Waals surface area contributed by atoms with Crippen LogP contribution >= 0.6 is 0 Å². The van der Waals surface area contributed by atoms with Crippen molar-refractivity contribution in [3.8, 4) is 0 Å². The van der Waals surface area contributed by atoms with Gasteiger partial charge in [0.25, 0.3) is 0 Å². The summed E-state index contributed by atoms with van der Waals surface area (Å²) in [4.78, 5) is 4.57. The van der Waals surface area contributed by atoms with E-state index in [1.807, 2.05) is 0 Å². The molecule has 0 radical (unpaired) electrons. The highest BCUT2D eigenvalue weighted by atomic mass is 16.5. The Labute approximate surface area is 89.0 Å². The second-order valence-electron chi connectivity index (χ2n) is 3.81. The summed E-state index contributed by atoms with van der Waals surface area (Å²) in [7, 11) is 4.26. The van der Waals surface area contributed by atoms with Gasteiger partial charge >= 0.3 is 0 Å². The lowest BCUT2D eigenvalue weighted by molar-refractivity contribution is 0.0953. The fourth-order valence-corrected chi connectivity index (χ4v) is 1.19. The molecule has 0 bridgehead atoms. The molecular weight excluding hydrogens is 176 g/mol. The van der Waals surface area contributed by atoms with E-state index in [0.29, 0.717) is 0 Å². The standard InChI is InChI=1S/C11H26N2O/c1-5-7-13(4)9-11-14-10-8-12(3)6-2/h5-11H2,1-4H3. The van der Waals surface area contributed by atoms with Gasteiger partial charge in [0.15, 0.2) is 0 Å². The van der Waals surface area contributed by atoms with E-state index < -0.39 is 0 Å². The molecular formula is C11H26N2O. The van der Waals surface area contributed by atoms with Crippen LogP contribution in [0.25, 0.3) is 0 Å². The molecule has 0 aromatic carbocycles. The fraction of sp³-hybridized carbons (Fsp3) is 1.00. The van der Waals surface area contributed by atoms with Gasteiger partial charge in [-0.2, -0.15) is 0 Å². The van der Waals surface area contributed by atoms with Crippen LogP contribution in [0.2, 0.25) is 0 Å². The smallest absolute Gasteiger partial charge is 0.0593 e. The highest BCUT2D eigenvalue weighted by Crippen LogP contribution is 1.87. The highest BCUT2D eigenvalue weighted by Gasteiger charge is 1.97. The molecule has 0 aliphatic rings. The van der Waals surface area contributed by atoms with Crippen LogP contribution in [0.15, 0.2) is 0 Å². The fourth-order valence-electron chi connectivity index (χ4n) is 1.19. The SMILES string of the molecule is CCCN(C)CCOCCN(C)CC. The Hall–Kier alpha value is -0.120. The zero-order valence-corrected chi connectivity index (χ0v) is 10.3. The van der Waals surface area contributed by atoms with Crippen molar-refractivity contribution >= 4 is 0 Å². The lowest BCUT2D eigenvalue weighted by Crippen LogP contribution is -2.26. The number of hydrogen-bond acceptors (Lipinski definition) is 3. The lowest BCUT2D eigenvalue weighted by atomic mass is 10.4. The first-order valence-corrected chi connectivity index (χ1v) is 5.65.